The number of ether oxygens (including phenoxy) is 1. The van der Waals surface area contributed by atoms with Gasteiger partial charge in [-0.1, -0.05) is 41.0 Å². The van der Waals surface area contributed by atoms with E-state index in [4.69, 9.17) is 4.74 Å². The van der Waals surface area contributed by atoms with Crippen molar-refractivity contribution < 1.29 is 14.6 Å². The lowest BCUT2D eigenvalue weighted by atomic mass is 9.82. The smallest absolute Gasteiger partial charge is 0.168 e. The maximum atomic E-state index is 12.4. The Morgan fingerprint density at radius 2 is 1.84 bits per heavy atom. The highest BCUT2D eigenvalue weighted by Crippen LogP contribution is 2.35. The van der Waals surface area contributed by atoms with Crippen LogP contribution >= 0.6 is 0 Å². The molecular weight excluding hydrogens is 240 g/mol. The SMILES string of the molecule is CCC(C)C1OC(C(C)C(O)CC)=C(C)C(=O)C1C. The summed E-state index contributed by atoms with van der Waals surface area (Å²) in [7, 11) is 0. The quantitative estimate of drug-likeness (QED) is 0.832. The summed E-state index contributed by atoms with van der Waals surface area (Å²) in [6.45, 7) is 11.9. The van der Waals surface area contributed by atoms with Crippen molar-refractivity contribution in [1.82, 2.24) is 0 Å². The molecular formula is C16H28O3. The average Bonchev–Trinajstić information content (AvgIpc) is 2.42. The van der Waals surface area contributed by atoms with E-state index in [0.29, 0.717) is 23.7 Å². The molecule has 0 spiro atoms. The molecule has 0 aromatic carbocycles. The summed E-state index contributed by atoms with van der Waals surface area (Å²) in [5.74, 6) is 0.996. The van der Waals surface area contributed by atoms with Crippen molar-refractivity contribution in [2.45, 2.75) is 66.6 Å². The fourth-order valence-electron chi connectivity index (χ4n) is 2.77. The first kappa shape index (κ1) is 16.2. The largest absolute Gasteiger partial charge is 0.493 e. The zero-order chi connectivity index (χ0) is 14.7. The van der Waals surface area contributed by atoms with Crippen LogP contribution in [-0.4, -0.2) is 23.1 Å². The molecule has 0 radical (unpaired) electrons. The second-order valence-corrected chi connectivity index (χ2v) is 5.87. The molecule has 0 aromatic heterocycles. The predicted molar refractivity (Wildman–Crippen MR) is 76.7 cm³/mol. The van der Waals surface area contributed by atoms with Crippen LogP contribution in [0.5, 0.6) is 0 Å². The Balaban J connectivity index is 3.06. The van der Waals surface area contributed by atoms with Crippen LogP contribution in [0.25, 0.3) is 0 Å². The molecule has 19 heavy (non-hydrogen) atoms. The molecule has 110 valence electrons. The summed E-state index contributed by atoms with van der Waals surface area (Å²) in [5.41, 5.74) is 0.687. The normalized spacial score (nSPS) is 28.9. The maximum absolute atomic E-state index is 12.4. The van der Waals surface area contributed by atoms with Crippen LogP contribution in [0.3, 0.4) is 0 Å². The van der Waals surface area contributed by atoms with Crippen LogP contribution in [-0.2, 0) is 9.53 Å². The van der Waals surface area contributed by atoms with Crippen LogP contribution in [0.15, 0.2) is 11.3 Å². The lowest BCUT2D eigenvalue weighted by Crippen LogP contribution is -2.40. The number of carbonyl (C=O) groups is 1. The number of rotatable bonds is 5. The van der Waals surface area contributed by atoms with Crippen molar-refractivity contribution in [3.05, 3.63) is 11.3 Å². The Hall–Kier alpha value is -0.830. The molecule has 0 saturated carbocycles. The van der Waals surface area contributed by atoms with Crippen molar-refractivity contribution in [2.75, 3.05) is 0 Å². The highest BCUT2D eigenvalue weighted by atomic mass is 16.5. The lowest BCUT2D eigenvalue weighted by Gasteiger charge is -2.37. The summed E-state index contributed by atoms with van der Waals surface area (Å²) in [6, 6.07) is 0. The number of ketones is 1. The highest BCUT2D eigenvalue weighted by molar-refractivity contribution is 5.98. The minimum atomic E-state index is -0.455. The van der Waals surface area contributed by atoms with Gasteiger partial charge in [-0.25, -0.2) is 0 Å². The fraction of sp³-hybridized carbons (Fsp3) is 0.812. The summed E-state index contributed by atoms with van der Waals surface area (Å²) < 4.78 is 6.12. The minimum absolute atomic E-state index is 0.0669. The van der Waals surface area contributed by atoms with Gasteiger partial charge >= 0.3 is 0 Å². The van der Waals surface area contributed by atoms with E-state index in [-0.39, 0.29) is 23.7 Å². The van der Waals surface area contributed by atoms with E-state index in [2.05, 4.69) is 13.8 Å². The molecule has 0 saturated heterocycles. The van der Waals surface area contributed by atoms with Crippen molar-refractivity contribution in [2.24, 2.45) is 17.8 Å². The average molecular weight is 268 g/mol. The Kier molecular flexibility index (Phi) is 5.60. The monoisotopic (exact) mass is 268 g/mol. The zero-order valence-electron chi connectivity index (χ0n) is 13.1. The predicted octanol–water partition coefficient (Wildman–Crippen LogP) is 3.32. The maximum Gasteiger partial charge on any atom is 0.168 e. The molecule has 0 aliphatic carbocycles. The van der Waals surface area contributed by atoms with Gasteiger partial charge in [-0.15, -0.1) is 0 Å². The molecule has 5 unspecified atom stereocenters. The number of Topliss-reactive ketones (excluding diaryl/α,β-unsaturated/α-hetero) is 1. The fourth-order valence-corrected chi connectivity index (χ4v) is 2.77. The number of carbonyl (C=O) groups excluding carboxylic acids is 1. The first-order valence-electron chi connectivity index (χ1n) is 7.44. The number of allylic oxidation sites excluding steroid dienone is 1. The van der Waals surface area contributed by atoms with E-state index >= 15 is 0 Å². The summed E-state index contributed by atoms with van der Waals surface area (Å²) in [6.07, 6.45) is 1.13. The van der Waals surface area contributed by atoms with Gasteiger partial charge in [-0.3, -0.25) is 4.79 Å². The molecule has 3 heteroatoms. The van der Waals surface area contributed by atoms with Crippen LogP contribution in [0.4, 0.5) is 0 Å². The Morgan fingerprint density at radius 1 is 1.26 bits per heavy atom. The topological polar surface area (TPSA) is 46.5 Å². The molecule has 3 nitrogen and oxygen atoms in total. The third-order valence-electron chi connectivity index (χ3n) is 4.52. The molecule has 5 atom stereocenters. The summed E-state index contributed by atoms with van der Waals surface area (Å²) in [4.78, 5) is 12.4. The molecule has 0 bridgehead atoms. The van der Waals surface area contributed by atoms with Crippen LogP contribution in [0, 0.1) is 17.8 Å². The van der Waals surface area contributed by atoms with Crippen molar-refractivity contribution in [3.63, 3.8) is 0 Å². The summed E-state index contributed by atoms with van der Waals surface area (Å²) >= 11 is 0. The standard InChI is InChI=1S/C16H28O3/c1-7-9(3)15-11(5)14(18)12(6)16(19-15)10(4)13(17)8-2/h9-11,13,15,17H,7-8H2,1-6H3. The molecule has 0 fully saturated rings. The molecule has 1 aliphatic rings. The second kappa shape index (κ2) is 6.56. The van der Waals surface area contributed by atoms with Gasteiger partial charge in [0.1, 0.15) is 11.9 Å². The number of aliphatic hydroxyl groups is 1. The minimum Gasteiger partial charge on any atom is -0.493 e. The molecule has 1 heterocycles. The van der Waals surface area contributed by atoms with E-state index < -0.39 is 6.10 Å². The van der Waals surface area contributed by atoms with E-state index in [1.807, 2.05) is 27.7 Å². The van der Waals surface area contributed by atoms with Gasteiger partial charge in [0.25, 0.3) is 0 Å². The van der Waals surface area contributed by atoms with Gasteiger partial charge < -0.3 is 9.84 Å². The Labute approximate surface area is 117 Å². The zero-order valence-corrected chi connectivity index (χ0v) is 13.1. The number of hydrogen-bond donors (Lipinski definition) is 1. The molecule has 0 amide bonds. The molecule has 0 aromatic rings. The third-order valence-corrected chi connectivity index (χ3v) is 4.52. The number of hydrogen-bond acceptors (Lipinski definition) is 3. The van der Waals surface area contributed by atoms with Crippen molar-refractivity contribution in [1.29, 1.82) is 0 Å². The van der Waals surface area contributed by atoms with Gasteiger partial charge in [0.2, 0.25) is 0 Å². The highest BCUT2D eigenvalue weighted by Gasteiger charge is 2.38. The van der Waals surface area contributed by atoms with Gasteiger partial charge in [0, 0.05) is 11.5 Å². The van der Waals surface area contributed by atoms with Crippen molar-refractivity contribution >= 4 is 5.78 Å². The van der Waals surface area contributed by atoms with Gasteiger partial charge in [0.15, 0.2) is 5.78 Å². The summed E-state index contributed by atoms with van der Waals surface area (Å²) in [5, 5.41) is 10.0. The van der Waals surface area contributed by atoms with E-state index in [0.717, 1.165) is 6.42 Å². The van der Waals surface area contributed by atoms with Crippen LogP contribution in [0.1, 0.15) is 54.4 Å². The lowest BCUT2D eigenvalue weighted by molar-refractivity contribution is -0.128. The molecule has 1 N–H and O–H groups in total. The van der Waals surface area contributed by atoms with E-state index in [1.54, 1.807) is 0 Å². The third kappa shape index (κ3) is 3.19. The van der Waals surface area contributed by atoms with Crippen LogP contribution < -0.4 is 0 Å². The Bertz CT molecular complexity index is 359. The van der Waals surface area contributed by atoms with Gasteiger partial charge in [0.05, 0.1) is 12.0 Å². The molecule has 1 rings (SSSR count). The molecule has 1 aliphatic heterocycles. The van der Waals surface area contributed by atoms with Crippen molar-refractivity contribution in [3.8, 4) is 0 Å². The van der Waals surface area contributed by atoms with E-state index in [1.165, 1.54) is 0 Å². The second-order valence-electron chi connectivity index (χ2n) is 5.87. The van der Waals surface area contributed by atoms with Gasteiger partial charge in [-0.05, 0) is 19.3 Å². The van der Waals surface area contributed by atoms with Gasteiger partial charge in [-0.2, -0.15) is 0 Å². The number of aliphatic hydroxyl groups excluding tert-OH is 1. The first-order valence-corrected chi connectivity index (χ1v) is 7.44. The Morgan fingerprint density at radius 3 is 2.32 bits per heavy atom. The first-order chi connectivity index (χ1) is 8.84. The van der Waals surface area contributed by atoms with Crippen LogP contribution in [0.2, 0.25) is 0 Å². The van der Waals surface area contributed by atoms with E-state index in [9.17, 15) is 9.90 Å².